The fourth-order valence-corrected chi connectivity index (χ4v) is 3.81. The fourth-order valence-electron chi connectivity index (χ4n) is 3.11. The van der Waals surface area contributed by atoms with Crippen molar-refractivity contribution in [3.05, 3.63) is 23.3 Å². The van der Waals surface area contributed by atoms with E-state index in [4.69, 9.17) is 9.26 Å². The summed E-state index contributed by atoms with van der Waals surface area (Å²) in [6.07, 6.45) is 3.83. The number of anilines is 1. The number of hydrogen-bond acceptors (Lipinski definition) is 8. The molecule has 0 unspecified atom stereocenters. The van der Waals surface area contributed by atoms with Crippen LogP contribution in [-0.2, 0) is 11.3 Å². The minimum absolute atomic E-state index is 0.367. The van der Waals surface area contributed by atoms with Crippen molar-refractivity contribution in [1.29, 1.82) is 0 Å². The van der Waals surface area contributed by atoms with Gasteiger partial charge in [-0.3, -0.25) is 4.90 Å². The molecule has 8 heteroatoms. The quantitative estimate of drug-likeness (QED) is 0.843. The Kier molecular flexibility index (Phi) is 4.54. The summed E-state index contributed by atoms with van der Waals surface area (Å²) >= 11 is 1.70. The van der Waals surface area contributed by atoms with Gasteiger partial charge in [-0.15, -0.1) is 11.3 Å². The minimum atomic E-state index is 0.367. The van der Waals surface area contributed by atoms with Crippen LogP contribution < -0.4 is 4.90 Å². The van der Waals surface area contributed by atoms with Gasteiger partial charge in [0.1, 0.15) is 0 Å². The van der Waals surface area contributed by atoms with E-state index in [1.54, 1.807) is 11.3 Å². The number of thiazole rings is 1. The van der Waals surface area contributed by atoms with Crippen LogP contribution in [0.15, 0.2) is 16.1 Å². The van der Waals surface area contributed by atoms with Gasteiger partial charge in [0, 0.05) is 56.9 Å². The normalized spacial score (nSPS) is 21.0. The summed E-state index contributed by atoms with van der Waals surface area (Å²) in [5.41, 5.74) is 0. The molecule has 0 N–H and O–H groups in total. The first-order valence-electron chi connectivity index (χ1n) is 8.15. The summed E-state index contributed by atoms with van der Waals surface area (Å²) in [7, 11) is 0. The van der Waals surface area contributed by atoms with Gasteiger partial charge >= 0.3 is 0 Å². The van der Waals surface area contributed by atoms with E-state index in [-0.39, 0.29) is 0 Å². The molecule has 23 heavy (non-hydrogen) atoms. The molecule has 0 saturated carbocycles. The van der Waals surface area contributed by atoms with E-state index in [2.05, 4.69) is 24.9 Å². The van der Waals surface area contributed by atoms with Crippen molar-refractivity contribution in [2.75, 3.05) is 44.3 Å². The second-order valence-corrected chi connectivity index (χ2v) is 6.89. The molecule has 0 aliphatic carbocycles. The molecule has 2 fully saturated rings. The molecule has 0 aromatic carbocycles. The predicted molar refractivity (Wildman–Crippen MR) is 86.7 cm³/mol. The largest absolute Gasteiger partial charge is 0.381 e. The van der Waals surface area contributed by atoms with E-state index in [1.807, 2.05) is 11.6 Å². The van der Waals surface area contributed by atoms with Crippen LogP contribution in [0.3, 0.4) is 0 Å². The van der Waals surface area contributed by atoms with Gasteiger partial charge in [0.2, 0.25) is 5.89 Å². The predicted octanol–water partition coefficient (Wildman–Crippen LogP) is 1.74. The van der Waals surface area contributed by atoms with Gasteiger partial charge in [0.25, 0.3) is 0 Å². The van der Waals surface area contributed by atoms with E-state index >= 15 is 0 Å². The van der Waals surface area contributed by atoms with Gasteiger partial charge in [0.05, 0.1) is 6.54 Å². The molecule has 124 valence electrons. The Labute approximate surface area is 139 Å². The first kappa shape index (κ1) is 15.0. The van der Waals surface area contributed by atoms with Gasteiger partial charge in [-0.1, -0.05) is 5.16 Å². The van der Waals surface area contributed by atoms with E-state index in [9.17, 15) is 0 Å². The van der Waals surface area contributed by atoms with Crippen molar-refractivity contribution in [2.24, 2.45) is 0 Å². The maximum absolute atomic E-state index is 5.46. The van der Waals surface area contributed by atoms with E-state index < -0.39 is 0 Å². The smallest absolute Gasteiger partial charge is 0.229 e. The number of piperazine rings is 1. The topological polar surface area (TPSA) is 67.5 Å². The highest BCUT2D eigenvalue weighted by Gasteiger charge is 2.24. The zero-order chi connectivity index (χ0) is 15.5. The van der Waals surface area contributed by atoms with E-state index in [0.717, 1.165) is 75.6 Å². The highest BCUT2D eigenvalue weighted by atomic mass is 32.1. The van der Waals surface area contributed by atoms with Gasteiger partial charge in [-0.25, -0.2) is 4.98 Å². The average molecular weight is 335 g/mol. The third kappa shape index (κ3) is 3.54. The summed E-state index contributed by atoms with van der Waals surface area (Å²) in [5, 5.41) is 7.31. The third-order valence-electron chi connectivity index (χ3n) is 4.48. The highest BCUT2D eigenvalue weighted by Crippen LogP contribution is 2.25. The monoisotopic (exact) mass is 335 g/mol. The first-order chi connectivity index (χ1) is 11.4. The molecule has 0 bridgehead atoms. The Hall–Kier alpha value is -1.51. The summed E-state index contributed by atoms with van der Waals surface area (Å²) in [6, 6.07) is 0. The van der Waals surface area contributed by atoms with Crippen LogP contribution in [0.1, 0.15) is 30.5 Å². The summed E-state index contributed by atoms with van der Waals surface area (Å²) in [6.45, 7) is 6.35. The molecule has 4 rings (SSSR count). The molecular formula is C15H21N5O2S. The number of hydrogen-bond donors (Lipinski definition) is 0. The van der Waals surface area contributed by atoms with Gasteiger partial charge in [-0.2, -0.15) is 4.98 Å². The van der Waals surface area contributed by atoms with E-state index in [0.29, 0.717) is 5.92 Å². The van der Waals surface area contributed by atoms with Crippen molar-refractivity contribution in [3.63, 3.8) is 0 Å². The molecule has 2 aromatic rings. The second-order valence-electron chi connectivity index (χ2n) is 6.01. The SMILES string of the molecule is c1csc(N2CCN(Cc3noc(C4CCOCC4)n3)CC2)n1. The molecule has 0 amide bonds. The summed E-state index contributed by atoms with van der Waals surface area (Å²) in [4.78, 5) is 13.7. The number of rotatable bonds is 4. The molecule has 0 radical (unpaired) electrons. The Morgan fingerprint density at radius 1 is 1.17 bits per heavy atom. The molecule has 2 aliphatic rings. The van der Waals surface area contributed by atoms with Crippen LogP contribution in [0, 0.1) is 0 Å². The summed E-state index contributed by atoms with van der Waals surface area (Å²) < 4.78 is 10.8. The highest BCUT2D eigenvalue weighted by molar-refractivity contribution is 7.13. The van der Waals surface area contributed by atoms with Crippen LogP contribution in [0.2, 0.25) is 0 Å². The molecular weight excluding hydrogens is 314 g/mol. The van der Waals surface area contributed by atoms with Crippen LogP contribution in [-0.4, -0.2) is 59.4 Å². The Morgan fingerprint density at radius 3 is 2.74 bits per heavy atom. The van der Waals surface area contributed by atoms with Gasteiger partial charge in [-0.05, 0) is 12.8 Å². The van der Waals surface area contributed by atoms with Gasteiger partial charge in [0.15, 0.2) is 11.0 Å². The van der Waals surface area contributed by atoms with Crippen LogP contribution in [0.4, 0.5) is 5.13 Å². The maximum atomic E-state index is 5.46. The Morgan fingerprint density at radius 2 is 2.00 bits per heavy atom. The molecule has 0 atom stereocenters. The fraction of sp³-hybridized carbons (Fsp3) is 0.667. The third-order valence-corrected chi connectivity index (χ3v) is 5.31. The average Bonchev–Trinajstić information content (AvgIpc) is 3.28. The lowest BCUT2D eigenvalue weighted by Crippen LogP contribution is -2.46. The number of aromatic nitrogens is 3. The van der Waals surface area contributed by atoms with E-state index in [1.165, 1.54) is 0 Å². The second kappa shape index (κ2) is 6.94. The summed E-state index contributed by atoms with van der Waals surface area (Å²) in [5.74, 6) is 1.95. The van der Waals surface area contributed by atoms with Crippen molar-refractivity contribution >= 4 is 16.5 Å². The van der Waals surface area contributed by atoms with Crippen LogP contribution >= 0.6 is 11.3 Å². The Balaban J connectivity index is 1.30. The molecule has 2 aliphatic heterocycles. The van der Waals surface area contributed by atoms with Crippen molar-refractivity contribution in [3.8, 4) is 0 Å². The Bertz CT molecular complexity index is 603. The van der Waals surface area contributed by atoms with Crippen molar-refractivity contribution < 1.29 is 9.26 Å². The molecule has 0 spiro atoms. The lowest BCUT2D eigenvalue weighted by Gasteiger charge is -2.33. The van der Waals surface area contributed by atoms with Gasteiger partial charge < -0.3 is 14.2 Å². The van der Waals surface area contributed by atoms with Crippen molar-refractivity contribution in [2.45, 2.75) is 25.3 Å². The molecule has 2 aromatic heterocycles. The zero-order valence-corrected chi connectivity index (χ0v) is 13.9. The molecule has 7 nitrogen and oxygen atoms in total. The maximum Gasteiger partial charge on any atom is 0.229 e. The minimum Gasteiger partial charge on any atom is -0.381 e. The molecule has 4 heterocycles. The zero-order valence-electron chi connectivity index (χ0n) is 13.1. The lowest BCUT2D eigenvalue weighted by molar-refractivity contribution is 0.0778. The number of ether oxygens (including phenoxy) is 1. The number of nitrogens with zero attached hydrogens (tertiary/aromatic N) is 5. The van der Waals surface area contributed by atoms with Crippen LogP contribution in [0.5, 0.6) is 0 Å². The lowest BCUT2D eigenvalue weighted by atomic mass is 10.0. The first-order valence-corrected chi connectivity index (χ1v) is 9.03. The van der Waals surface area contributed by atoms with Crippen molar-refractivity contribution in [1.82, 2.24) is 20.0 Å². The van der Waals surface area contributed by atoms with Crippen LogP contribution in [0.25, 0.3) is 0 Å². The standard InChI is InChI=1S/C15H21N5O2S/c1-8-21-9-2-12(1)14-17-13(18-22-14)11-19-4-6-20(7-5-19)15-16-3-10-23-15/h3,10,12H,1-2,4-9,11H2. The molecule has 2 saturated heterocycles.